The lowest BCUT2D eigenvalue weighted by atomic mass is 10.1. The molecule has 2 aromatic carbocycles. The number of fused-ring (bicyclic) bond motifs is 1. The zero-order chi connectivity index (χ0) is 14.8. The first-order valence-corrected chi connectivity index (χ1v) is 7.58. The van der Waals surface area contributed by atoms with Crippen molar-refractivity contribution in [3.8, 4) is 5.75 Å². The fourth-order valence-corrected chi connectivity index (χ4v) is 3.27. The quantitative estimate of drug-likeness (QED) is 0.670. The molecule has 0 radical (unpaired) electrons. The van der Waals surface area contributed by atoms with E-state index in [1.54, 1.807) is 25.3 Å². The van der Waals surface area contributed by atoms with Gasteiger partial charge < -0.3 is 4.74 Å². The smallest absolute Gasteiger partial charge is 0.195 e. The van der Waals surface area contributed by atoms with Gasteiger partial charge in [0, 0.05) is 17.0 Å². The summed E-state index contributed by atoms with van der Waals surface area (Å²) in [6.45, 7) is 0. The zero-order valence-corrected chi connectivity index (χ0v) is 12.9. The molecule has 1 aromatic heterocycles. The summed E-state index contributed by atoms with van der Waals surface area (Å²) < 4.78 is 6.27. The predicted octanol–water partition coefficient (Wildman–Crippen LogP) is 4.38. The number of carbonyl (C=O) groups is 1. The highest BCUT2D eigenvalue weighted by Gasteiger charge is 2.17. The molecule has 106 valence electrons. The first-order chi connectivity index (χ1) is 10.2. The molecule has 5 heteroatoms. The van der Waals surface area contributed by atoms with Crippen molar-refractivity contribution in [3.05, 3.63) is 58.1 Å². The monoisotopic (exact) mass is 317 g/mol. The highest BCUT2D eigenvalue weighted by atomic mass is 35.5. The Hall–Kier alpha value is -1.91. The van der Waals surface area contributed by atoms with Gasteiger partial charge in [-0.15, -0.1) is 11.3 Å². The molecule has 3 aromatic rings. The third kappa shape index (κ3) is 2.77. The molecule has 0 aliphatic carbocycles. The maximum Gasteiger partial charge on any atom is 0.195 e. The van der Waals surface area contributed by atoms with Crippen molar-refractivity contribution in [3.63, 3.8) is 0 Å². The van der Waals surface area contributed by atoms with Crippen LogP contribution in [0.1, 0.15) is 15.4 Å². The Morgan fingerprint density at radius 3 is 2.81 bits per heavy atom. The van der Waals surface area contributed by atoms with Crippen molar-refractivity contribution >= 4 is 38.9 Å². The Morgan fingerprint density at radius 1 is 1.24 bits per heavy atom. The number of nitrogens with zero attached hydrogens (tertiary/aromatic N) is 1. The van der Waals surface area contributed by atoms with E-state index in [1.165, 1.54) is 11.3 Å². The zero-order valence-electron chi connectivity index (χ0n) is 11.3. The van der Waals surface area contributed by atoms with Crippen molar-refractivity contribution in [2.75, 3.05) is 7.11 Å². The van der Waals surface area contributed by atoms with Crippen LogP contribution < -0.4 is 4.74 Å². The lowest BCUT2D eigenvalue weighted by Crippen LogP contribution is -2.05. The summed E-state index contributed by atoms with van der Waals surface area (Å²) in [7, 11) is 1.57. The van der Waals surface area contributed by atoms with E-state index in [-0.39, 0.29) is 12.2 Å². The maximum atomic E-state index is 12.4. The first-order valence-electron chi connectivity index (χ1n) is 6.39. The summed E-state index contributed by atoms with van der Waals surface area (Å²) in [5.74, 6) is 0.569. The Balaban J connectivity index is 1.93. The number of thiazole rings is 1. The molecule has 0 spiro atoms. The lowest BCUT2D eigenvalue weighted by Gasteiger charge is -2.08. The summed E-state index contributed by atoms with van der Waals surface area (Å²) in [4.78, 5) is 16.8. The van der Waals surface area contributed by atoms with Crippen molar-refractivity contribution in [2.45, 2.75) is 6.42 Å². The number of ketones is 1. The summed E-state index contributed by atoms with van der Waals surface area (Å²) in [6, 6.07) is 13.1. The number of hydrogen-bond donors (Lipinski definition) is 0. The van der Waals surface area contributed by atoms with Gasteiger partial charge in [-0.25, -0.2) is 4.98 Å². The van der Waals surface area contributed by atoms with Crippen molar-refractivity contribution < 1.29 is 9.53 Å². The number of Topliss-reactive ketones (excluding diaryl/α,β-unsaturated/α-hetero) is 1. The van der Waals surface area contributed by atoms with Gasteiger partial charge in [-0.05, 0) is 24.3 Å². The number of benzene rings is 2. The third-order valence-corrected chi connectivity index (χ3v) is 4.60. The molecule has 0 unspecified atom stereocenters. The number of methoxy groups -OCH3 is 1. The van der Waals surface area contributed by atoms with Gasteiger partial charge in [-0.1, -0.05) is 29.8 Å². The number of halogens is 1. The van der Waals surface area contributed by atoms with Gasteiger partial charge in [0.05, 0.1) is 17.3 Å². The second kappa shape index (κ2) is 5.84. The molecule has 0 saturated carbocycles. The molecule has 1 heterocycles. The molecule has 0 fully saturated rings. The normalized spacial score (nSPS) is 10.8. The molecule has 0 saturated heterocycles. The first kappa shape index (κ1) is 14.0. The summed E-state index contributed by atoms with van der Waals surface area (Å²) >= 11 is 7.57. The molecule has 0 aliphatic heterocycles. The molecule has 0 amide bonds. The van der Waals surface area contributed by atoms with Gasteiger partial charge in [-0.3, -0.25) is 4.79 Å². The standard InChI is InChI=1S/C16H12ClNO2S/c1-20-14-7-4-5-11(17)10(14)9-13(19)16-18-12-6-2-3-8-15(12)21-16/h2-8H,9H2,1H3. The second-order valence-corrected chi connectivity index (χ2v) is 5.95. The lowest BCUT2D eigenvalue weighted by molar-refractivity contribution is 0.0992. The summed E-state index contributed by atoms with van der Waals surface area (Å²) in [5.41, 5.74) is 1.54. The predicted molar refractivity (Wildman–Crippen MR) is 85.7 cm³/mol. The second-order valence-electron chi connectivity index (χ2n) is 4.51. The average molecular weight is 318 g/mol. The van der Waals surface area contributed by atoms with E-state index in [4.69, 9.17) is 16.3 Å². The van der Waals surface area contributed by atoms with Crippen molar-refractivity contribution in [1.29, 1.82) is 0 Å². The summed E-state index contributed by atoms with van der Waals surface area (Å²) in [6.07, 6.45) is 0.183. The molecule has 21 heavy (non-hydrogen) atoms. The van der Waals surface area contributed by atoms with Gasteiger partial charge in [0.1, 0.15) is 5.75 Å². The number of hydrogen-bond acceptors (Lipinski definition) is 4. The number of rotatable bonds is 4. The van der Waals surface area contributed by atoms with E-state index < -0.39 is 0 Å². The largest absolute Gasteiger partial charge is 0.496 e. The molecule has 3 nitrogen and oxygen atoms in total. The van der Waals surface area contributed by atoms with Crippen molar-refractivity contribution in [2.24, 2.45) is 0 Å². The minimum atomic E-state index is -0.0531. The van der Waals surface area contributed by atoms with Gasteiger partial charge in [-0.2, -0.15) is 0 Å². The highest BCUT2D eigenvalue weighted by Crippen LogP contribution is 2.29. The Morgan fingerprint density at radius 2 is 2.05 bits per heavy atom. The molecule has 3 rings (SSSR count). The fraction of sp³-hybridized carbons (Fsp3) is 0.125. The van der Waals surface area contributed by atoms with Crippen LogP contribution in [0.5, 0.6) is 5.75 Å². The third-order valence-electron chi connectivity index (χ3n) is 3.17. The molecule has 0 N–H and O–H groups in total. The van der Waals surface area contributed by atoms with Crippen molar-refractivity contribution in [1.82, 2.24) is 4.98 Å². The minimum Gasteiger partial charge on any atom is -0.496 e. The molecule has 0 bridgehead atoms. The van der Waals surface area contributed by atoms with E-state index in [0.29, 0.717) is 21.3 Å². The number of carbonyl (C=O) groups excluding carboxylic acids is 1. The minimum absolute atomic E-state index is 0.0531. The number of ether oxygens (including phenoxy) is 1. The van der Waals surface area contributed by atoms with Crippen LogP contribution in [-0.4, -0.2) is 17.9 Å². The topological polar surface area (TPSA) is 39.2 Å². The molecular formula is C16H12ClNO2S. The number of para-hydroxylation sites is 1. The van der Waals surface area contributed by atoms with E-state index in [9.17, 15) is 4.79 Å². The maximum absolute atomic E-state index is 12.4. The van der Waals surface area contributed by atoms with Crippen LogP contribution in [0, 0.1) is 0 Å². The van der Waals surface area contributed by atoms with Crippen LogP contribution in [0.2, 0.25) is 5.02 Å². The van der Waals surface area contributed by atoms with Crippen LogP contribution in [0.3, 0.4) is 0 Å². The Kier molecular flexibility index (Phi) is 3.90. The van der Waals surface area contributed by atoms with E-state index in [0.717, 1.165) is 10.2 Å². The Bertz CT molecular complexity index is 780. The van der Waals surface area contributed by atoms with Gasteiger partial charge in [0.15, 0.2) is 10.8 Å². The molecular weight excluding hydrogens is 306 g/mol. The van der Waals surface area contributed by atoms with Gasteiger partial charge in [0.2, 0.25) is 0 Å². The van der Waals surface area contributed by atoms with Crippen LogP contribution in [0.4, 0.5) is 0 Å². The molecule has 0 atom stereocenters. The number of aromatic nitrogens is 1. The van der Waals surface area contributed by atoms with E-state index in [1.807, 2.05) is 24.3 Å². The SMILES string of the molecule is COc1cccc(Cl)c1CC(=O)c1nc2ccccc2s1. The van der Waals surface area contributed by atoms with Gasteiger partial charge in [0.25, 0.3) is 0 Å². The van der Waals surface area contributed by atoms with Crippen LogP contribution in [0.25, 0.3) is 10.2 Å². The fourth-order valence-electron chi connectivity index (χ4n) is 2.13. The van der Waals surface area contributed by atoms with E-state index in [2.05, 4.69) is 4.98 Å². The van der Waals surface area contributed by atoms with Crippen LogP contribution in [-0.2, 0) is 6.42 Å². The highest BCUT2D eigenvalue weighted by molar-refractivity contribution is 7.20. The van der Waals surface area contributed by atoms with Gasteiger partial charge >= 0.3 is 0 Å². The Labute approximate surface area is 131 Å². The molecule has 0 aliphatic rings. The van der Waals surface area contributed by atoms with E-state index >= 15 is 0 Å². The average Bonchev–Trinajstić information content (AvgIpc) is 2.93. The van der Waals surface area contributed by atoms with Crippen LogP contribution in [0.15, 0.2) is 42.5 Å². The summed E-state index contributed by atoms with van der Waals surface area (Å²) in [5, 5.41) is 1.03. The van der Waals surface area contributed by atoms with Crippen LogP contribution >= 0.6 is 22.9 Å².